The number of amides is 1. The first kappa shape index (κ1) is 21.6. The van der Waals surface area contributed by atoms with E-state index in [4.69, 9.17) is 0 Å². The van der Waals surface area contributed by atoms with Gasteiger partial charge in [-0.05, 0) is 30.7 Å². The second kappa shape index (κ2) is 9.14. The Morgan fingerprint density at radius 1 is 1.03 bits per heavy atom. The predicted octanol–water partition coefficient (Wildman–Crippen LogP) is 4.30. The van der Waals surface area contributed by atoms with E-state index < -0.39 is 0 Å². The smallest absolute Gasteiger partial charge is 0.220 e. The molecular weight excluding hydrogens is 444 g/mol. The van der Waals surface area contributed by atoms with Crippen LogP contribution < -0.4 is 15.1 Å². The van der Waals surface area contributed by atoms with Gasteiger partial charge < -0.3 is 15.1 Å². The number of anilines is 2. The molecule has 1 amide bonds. The molecule has 0 saturated heterocycles. The minimum atomic E-state index is -0.345. The number of rotatable bonds is 6. The van der Waals surface area contributed by atoms with Crippen LogP contribution in [0.2, 0.25) is 0 Å². The summed E-state index contributed by atoms with van der Waals surface area (Å²) in [5.74, 6) is -0.0429. The first-order chi connectivity index (χ1) is 14.3. The van der Waals surface area contributed by atoms with Crippen molar-refractivity contribution in [2.24, 2.45) is 0 Å². The van der Waals surface area contributed by atoms with E-state index >= 15 is 0 Å². The van der Waals surface area contributed by atoms with Crippen LogP contribution in [0.3, 0.4) is 0 Å². The first-order valence-electron chi connectivity index (χ1n) is 9.63. The van der Waals surface area contributed by atoms with Gasteiger partial charge in [-0.3, -0.25) is 9.59 Å². The zero-order valence-corrected chi connectivity index (χ0v) is 18.7. The number of nitrogens with zero attached hydrogens (tertiary/aromatic N) is 3. The molecular formula is C23H23BrN4O2. The predicted molar refractivity (Wildman–Crippen MR) is 121 cm³/mol. The monoisotopic (exact) mass is 466 g/mol. The molecule has 0 spiro atoms. The Hall–Kier alpha value is -3.11. The summed E-state index contributed by atoms with van der Waals surface area (Å²) in [6.07, 6.45) is -0.00854. The zero-order valence-electron chi connectivity index (χ0n) is 17.1. The van der Waals surface area contributed by atoms with Crippen molar-refractivity contribution in [2.45, 2.75) is 25.8 Å². The number of para-hydroxylation sites is 2. The van der Waals surface area contributed by atoms with Gasteiger partial charge in [-0.1, -0.05) is 46.3 Å². The normalized spacial score (nSPS) is 13.5. The van der Waals surface area contributed by atoms with Crippen LogP contribution in [0.5, 0.6) is 0 Å². The second-order valence-electron chi connectivity index (χ2n) is 7.15. The lowest BCUT2D eigenvalue weighted by atomic mass is 10.1. The summed E-state index contributed by atoms with van der Waals surface area (Å²) in [4.78, 5) is 28.8. The number of nitrogens with one attached hydrogen (secondary N) is 1. The molecule has 0 saturated carbocycles. The molecule has 1 aliphatic rings. The van der Waals surface area contributed by atoms with E-state index in [-0.39, 0.29) is 36.1 Å². The molecule has 2 aromatic carbocycles. The van der Waals surface area contributed by atoms with Gasteiger partial charge in [-0.25, -0.2) is 0 Å². The van der Waals surface area contributed by atoms with Gasteiger partial charge in [0.2, 0.25) is 5.91 Å². The van der Waals surface area contributed by atoms with Gasteiger partial charge in [-0.2, -0.15) is 5.26 Å². The molecule has 0 radical (unpaired) electrons. The number of halogens is 1. The number of ketones is 1. The number of Topliss-reactive ketones (excluding diaryl/α,β-unsaturated/α-hetero) is 1. The summed E-state index contributed by atoms with van der Waals surface area (Å²) in [5, 5.41) is 12.6. The lowest BCUT2D eigenvalue weighted by molar-refractivity contribution is -0.124. The Kier molecular flexibility index (Phi) is 6.58. The fraction of sp³-hybridized carbons (Fsp3) is 0.261. The topological polar surface area (TPSA) is 76.4 Å². The van der Waals surface area contributed by atoms with Gasteiger partial charge in [0.15, 0.2) is 5.78 Å². The van der Waals surface area contributed by atoms with Crippen molar-refractivity contribution in [3.05, 3.63) is 70.0 Å². The fourth-order valence-corrected chi connectivity index (χ4v) is 4.25. The van der Waals surface area contributed by atoms with Gasteiger partial charge in [-0.15, -0.1) is 0 Å². The first-order valence-corrected chi connectivity index (χ1v) is 10.4. The van der Waals surface area contributed by atoms with Crippen LogP contribution in [0, 0.1) is 11.3 Å². The number of carbonyl (C=O) groups excluding carboxylic acids is 2. The van der Waals surface area contributed by atoms with Crippen molar-refractivity contribution >= 4 is 39.0 Å². The minimum Gasteiger partial charge on any atom is -0.350 e. The largest absolute Gasteiger partial charge is 0.350 e. The van der Waals surface area contributed by atoms with Crippen LogP contribution in [0.1, 0.15) is 31.4 Å². The van der Waals surface area contributed by atoms with Crippen LogP contribution >= 0.6 is 15.9 Å². The molecule has 154 valence electrons. The van der Waals surface area contributed by atoms with Crippen LogP contribution in [0.4, 0.5) is 11.4 Å². The third kappa shape index (κ3) is 4.24. The van der Waals surface area contributed by atoms with E-state index in [1.54, 1.807) is 0 Å². The minimum absolute atomic E-state index is 0.0203. The highest BCUT2D eigenvalue weighted by molar-refractivity contribution is 9.10. The summed E-state index contributed by atoms with van der Waals surface area (Å²) in [6, 6.07) is 17.2. The Morgan fingerprint density at radius 3 is 2.17 bits per heavy atom. The summed E-state index contributed by atoms with van der Waals surface area (Å²) in [5.41, 5.74) is 2.87. The standard InChI is InChI=1S/C23H23BrN4O2/c1-15(16-8-4-5-9-18(16)24)26-22(30)13-12-21(29)17(14-25)23-27(2)19-10-6-7-11-20(19)28(23)3/h4-11,15H,12-13H2,1-3H3,(H,26,30). The summed E-state index contributed by atoms with van der Waals surface area (Å²) >= 11 is 3.48. The van der Waals surface area contributed by atoms with E-state index in [1.165, 1.54) is 0 Å². The lowest BCUT2D eigenvalue weighted by Crippen LogP contribution is -2.28. The lowest BCUT2D eigenvalue weighted by Gasteiger charge is -2.20. The molecule has 1 N–H and O–H groups in total. The molecule has 3 rings (SSSR count). The molecule has 0 aromatic heterocycles. The van der Waals surface area contributed by atoms with Crippen LogP contribution in [-0.2, 0) is 9.59 Å². The van der Waals surface area contributed by atoms with Gasteiger partial charge in [0.1, 0.15) is 17.5 Å². The van der Waals surface area contributed by atoms with Crippen molar-refractivity contribution in [3.63, 3.8) is 0 Å². The quantitative estimate of drug-likeness (QED) is 0.507. The Morgan fingerprint density at radius 2 is 1.60 bits per heavy atom. The van der Waals surface area contributed by atoms with Crippen molar-refractivity contribution < 1.29 is 9.59 Å². The number of fused-ring (bicyclic) bond motifs is 1. The summed E-state index contributed by atoms with van der Waals surface area (Å²) in [7, 11) is 3.66. The number of allylic oxidation sites excluding steroid dienone is 1. The van der Waals surface area contributed by atoms with Gasteiger partial charge >= 0.3 is 0 Å². The zero-order chi connectivity index (χ0) is 21.8. The van der Waals surface area contributed by atoms with E-state index in [0.717, 1.165) is 21.4 Å². The second-order valence-corrected chi connectivity index (χ2v) is 8.01. The van der Waals surface area contributed by atoms with Gasteiger partial charge in [0.25, 0.3) is 0 Å². The van der Waals surface area contributed by atoms with Gasteiger partial charge in [0.05, 0.1) is 17.4 Å². The Balaban J connectivity index is 1.68. The highest BCUT2D eigenvalue weighted by Crippen LogP contribution is 2.40. The van der Waals surface area contributed by atoms with Crippen molar-refractivity contribution in [2.75, 3.05) is 23.9 Å². The maximum atomic E-state index is 12.8. The van der Waals surface area contributed by atoms with E-state index in [1.807, 2.05) is 85.4 Å². The molecule has 1 aliphatic heterocycles. The van der Waals surface area contributed by atoms with Crippen LogP contribution in [0.15, 0.2) is 64.4 Å². The maximum Gasteiger partial charge on any atom is 0.220 e. The average molecular weight is 467 g/mol. The average Bonchev–Trinajstić information content (AvgIpc) is 2.98. The SMILES string of the molecule is CC(NC(=O)CCC(=O)C(C#N)=C1N(C)c2ccccc2N1C)c1ccccc1Br. The molecule has 1 heterocycles. The third-order valence-corrected chi connectivity index (χ3v) is 5.90. The number of nitriles is 1. The highest BCUT2D eigenvalue weighted by atomic mass is 79.9. The molecule has 0 bridgehead atoms. The molecule has 7 heteroatoms. The maximum absolute atomic E-state index is 12.8. The number of hydrogen-bond donors (Lipinski definition) is 1. The number of benzene rings is 2. The molecule has 0 aliphatic carbocycles. The van der Waals surface area contributed by atoms with Crippen LogP contribution in [0.25, 0.3) is 0 Å². The number of hydrogen-bond acceptors (Lipinski definition) is 5. The molecule has 2 aromatic rings. The Labute approximate surface area is 184 Å². The molecule has 30 heavy (non-hydrogen) atoms. The molecule has 6 nitrogen and oxygen atoms in total. The van der Waals surface area contributed by atoms with Crippen molar-refractivity contribution in [1.82, 2.24) is 5.32 Å². The van der Waals surface area contributed by atoms with Crippen molar-refractivity contribution in [1.29, 1.82) is 5.26 Å². The van der Waals surface area contributed by atoms with E-state index in [2.05, 4.69) is 21.2 Å². The summed E-state index contributed by atoms with van der Waals surface area (Å²) in [6.45, 7) is 1.89. The van der Waals surface area contributed by atoms with Crippen molar-refractivity contribution in [3.8, 4) is 6.07 Å². The van der Waals surface area contributed by atoms with E-state index in [0.29, 0.717) is 5.82 Å². The van der Waals surface area contributed by atoms with E-state index in [9.17, 15) is 14.9 Å². The summed E-state index contributed by atoms with van der Waals surface area (Å²) < 4.78 is 0.914. The highest BCUT2D eigenvalue weighted by Gasteiger charge is 2.31. The molecule has 0 fully saturated rings. The fourth-order valence-electron chi connectivity index (χ4n) is 3.63. The molecule has 1 atom stereocenters. The van der Waals surface area contributed by atoms with Crippen LogP contribution in [-0.4, -0.2) is 25.8 Å². The third-order valence-electron chi connectivity index (χ3n) is 5.18. The molecule has 1 unspecified atom stereocenters. The van der Waals surface area contributed by atoms with Gasteiger partial charge in [0, 0.05) is 31.4 Å². The Bertz CT molecular complexity index is 1030. The number of carbonyl (C=O) groups is 2.